The summed E-state index contributed by atoms with van der Waals surface area (Å²) in [6, 6.07) is 1.62. The summed E-state index contributed by atoms with van der Waals surface area (Å²) in [5.41, 5.74) is 0.839. The number of hydrogen-bond donors (Lipinski definition) is 2. The predicted molar refractivity (Wildman–Crippen MR) is 156 cm³/mol. The van der Waals surface area contributed by atoms with E-state index in [-0.39, 0.29) is 40.2 Å². The second-order valence-corrected chi connectivity index (χ2v) is 10.2. The van der Waals surface area contributed by atoms with Gasteiger partial charge in [0.1, 0.15) is 28.9 Å². The third kappa shape index (κ3) is 7.05. The molecule has 3 rings (SSSR count). The van der Waals surface area contributed by atoms with Gasteiger partial charge in [-0.2, -0.15) is 0 Å². The lowest BCUT2D eigenvalue weighted by molar-refractivity contribution is -0.105. The summed E-state index contributed by atoms with van der Waals surface area (Å²) in [7, 11) is 1.90. The van der Waals surface area contributed by atoms with E-state index in [4.69, 9.17) is 16.6 Å². The van der Waals surface area contributed by atoms with Crippen molar-refractivity contribution in [3.63, 3.8) is 0 Å². The average Bonchev–Trinajstić information content (AvgIpc) is 2.90. The molecule has 0 saturated heterocycles. The van der Waals surface area contributed by atoms with E-state index in [0.29, 0.717) is 49.8 Å². The third-order valence-corrected chi connectivity index (χ3v) is 6.94. The highest BCUT2D eigenvalue weighted by Gasteiger charge is 2.29. The molecule has 1 aliphatic heterocycles. The first kappa shape index (κ1) is 29.5. The monoisotopic (exact) mass is 540 g/mol. The topological polar surface area (TPSA) is 82.0 Å². The summed E-state index contributed by atoms with van der Waals surface area (Å²) in [5, 5.41) is 6.19. The average molecular weight is 541 g/mol. The summed E-state index contributed by atoms with van der Waals surface area (Å²) >= 11 is 6.74. The summed E-state index contributed by atoms with van der Waals surface area (Å²) in [6.07, 6.45) is 13.5. The van der Waals surface area contributed by atoms with Gasteiger partial charge in [-0.3, -0.25) is 14.8 Å². The van der Waals surface area contributed by atoms with Gasteiger partial charge in [0.05, 0.1) is 16.6 Å². The van der Waals surface area contributed by atoms with Gasteiger partial charge in [-0.1, -0.05) is 55.8 Å². The molecule has 2 N–H and O–H groups in total. The van der Waals surface area contributed by atoms with E-state index in [0.717, 1.165) is 6.42 Å². The van der Waals surface area contributed by atoms with Gasteiger partial charge >= 0.3 is 0 Å². The quantitative estimate of drug-likeness (QED) is 0.162. The van der Waals surface area contributed by atoms with Crippen LogP contribution >= 0.6 is 11.6 Å². The van der Waals surface area contributed by atoms with E-state index in [9.17, 15) is 9.18 Å². The van der Waals surface area contributed by atoms with Crippen molar-refractivity contribution >= 4 is 35.4 Å². The predicted octanol–water partition coefficient (Wildman–Crippen LogP) is 5.35. The van der Waals surface area contributed by atoms with Crippen molar-refractivity contribution in [2.75, 3.05) is 32.0 Å². The fourth-order valence-corrected chi connectivity index (χ4v) is 4.93. The van der Waals surface area contributed by atoms with E-state index in [1.54, 1.807) is 6.07 Å². The van der Waals surface area contributed by atoms with Crippen LogP contribution in [-0.2, 0) is 4.79 Å². The number of amidine groups is 1. The van der Waals surface area contributed by atoms with Crippen molar-refractivity contribution in [2.24, 2.45) is 21.8 Å². The van der Waals surface area contributed by atoms with Crippen LogP contribution in [-0.4, -0.2) is 66.6 Å². The number of amides is 1. The van der Waals surface area contributed by atoms with Gasteiger partial charge in [0.2, 0.25) is 6.41 Å². The Hall–Kier alpha value is -3.10. The van der Waals surface area contributed by atoms with Crippen molar-refractivity contribution in [3.8, 4) is 0 Å². The number of carbonyl (C=O) groups excluding carboxylic acids is 1. The molecule has 0 saturated carbocycles. The highest BCUT2D eigenvalue weighted by atomic mass is 35.5. The number of hydrogen-bond acceptors (Lipinski definition) is 5. The van der Waals surface area contributed by atoms with Gasteiger partial charge in [0.15, 0.2) is 0 Å². The number of rotatable bonds is 12. The molecule has 1 amide bonds. The van der Waals surface area contributed by atoms with Crippen LogP contribution in [0.15, 0.2) is 64.9 Å². The number of pyridine rings is 1. The van der Waals surface area contributed by atoms with Gasteiger partial charge in [-0.05, 0) is 44.9 Å². The largest absolute Gasteiger partial charge is 0.352 e. The zero-order valence-corrected chi connectivity index (χ0v) is 23.4. The molecule has 204 valence electrons. The third-order valence-electron chi connectivity index (χ3n) is 6.65. The molecule has 38 heavy (non-hydrogen) atoms. The van der Waals surface area contributed by atoms with Crippen LogP contribution in [0.4, 0.5) is 10.2 Å². The molecule has 0 spiro atoms. The standard InChI is InChI=1S/C29H38ClFN6O/c1-6-7-15-37(20(4)17-32-5)29(35-25-13-9-8-11-21(25)19(2)3)22-16-23(30)26(36-28(22)34-18-38)27-24(31)12-10-14-33-27/h6,8-9,11-13,16,18-21,25,32H,1,7,10,14-15,17H2,2-5H3,(H,34,36,38)/b35-29+. The van der Waals surface area contributed by atoms with E-state index in [1.165, 1.54) is 6.08 Å². The zero-order chi connectivity index (χ0) is 27.7. The lowest BCUT2D eigenvalue weighted by atomic mass is 9.86. The summed E-state index contributed by atoms with van der Waals surface area (Å²) in [6.45, 7) is 12.2. The van der Waals surface area contributed by atoms with Crippen molar-refractivity contribution in [3.05, 3.63) is 71.2 Å². The summed E-state index contributed by atoms with van der Waals surface area (Å²) in [5.74, 6) is 0.974. The van der Waals surface area contributed by atoms with Gasteiger partial charge in [0, 0.05) is 31.6 Å². The zero-order valence-electron chi connectivity index (χ0n) is 22.6. The number of nitrogens with zero attached hydrogens (tertiary/aromatic N) is 4. The lowest BCUT2D eigenvalue weighted by Crippen LogP contribution is -2.45. The van der Waals surface area contributed by atoms with Gasteiger partial charge < -0.3 is 15.5 Å². The van der Waals surface area contributed by atoms with Crippen molar-refractivity contribution < 1.29 is 9.18 Å². The van der Waals surface area contributed by atoms with Crippen molar-refractivity contribution in [1.82, 2.24) is 15.2 Å². The van der Waals surface area contributed by atoms with Crippen LogP contribution in [0.3, 0.4) is 0 Å². The van der Waals surface area contributed by atoms with E-state index in [2.05, 4.69) is 71.1 Å². The van der Waals surface area contributed by atoms with Gasteiger partial charge in [-0.15, -0.1) is 6.58 Å². The molecule has 0 radical (unpaired) electrons. The van der Waals surface area contributed by atoms with Crippen LogP contribution < -0.4 is 10.6 Å². The number of allylic oxidation sites excluding steroid dienone is 3. The fourth-order valence-electron chi connectivity index (χ4n) is 4.69. The molecular formula is C29H38ClFN6O. The molecule has 3 unspecified atom stereocenters. The molecule has 1 aliphatic carbocycles. The molecular weight excluding hydrogens is 503 g/mol. The summed E-state index contributed by atoms with van der Waals surface area (Å²) < 4.78 is 14.7. The normalized spacial score (nSPS) is 20.1. The molecule has 0 bridgehead atoms. The van der Waals surface area contributed by atoms with Crippen molar-refractivity contribution in [2.45, 2.75) is 45.7 Å². The molecule has 7 nitrogen and oxygen atoms in total. The molecule has 1 aromatic rings. The Morgan fingerprint density at radius 3 is 2.76 bits per heavy atom. The maximum Gasteiger partial charge on any atom is 0.212 e. The Bertz CT molecular complexity index is 1160. The Labute approximate surface area is 230 Å². The number of likely N-dealkylation sites (N-methyl/N-ethyl adjacent to an activating group) is 1. The minimum atomic E-state index is -0.474. The molecule has 1 aromatic heterocycles. The van der Waals surface area contributed by atoms with Crippen molar-refractivity contribution in [1.29, 1.82) is 0 Å². The maximum absolute atomic E-state index is 14.7. The SMILES string of the molecule is C=CCCN(/C(=N/C1C=CC=CC1C(C)C)c1cc(Cl)c(C2=NCCC=C2F)nc1NC=O)C(C)CNC. The number of carbonyl (C=O) groups is 1. The van der Waals surface area contributed by atoms with Gasteiger partial charge in [0.25, 0.3) is 0 Å². The number of aromatic nitrogens is 1. The maximum atomic E-state index is 14.7. The lowest BCUT2D eigenvalue weighted by Gasteiger charge is -2.35. The van der Waals surface area contributed by atoms with Crippen LogP contribution in [0.25, 0.3) is 0 Å². The first-order valence-corrected chi connectivity index (χ1v) is 13.5. The van der Waals surface area contributed by atoms with E-state index >= 15 is 0 Å². The Kier molecular flexibility index (Phi) is 11.0. The number of dihydropyridines is 1. The van der Waals surface area contributed by atoms with E-state index < -0.39 is 5.83 Å². The highest BCUT2D eigenvalue weighted by molar-refractivity contribution is 6.35. The second-order valence-electron chi connectivity index (χ2n) is 9.76. The smallest absolute Gasteiger partial charge is 0.212 e. The number of aliphatic imine (C=N–C) groups is 2. The molecule has 0 fully saturated rings. The van der Waals surface area contributed by atoms with Crippen LogP contribution in [0.2, 0.25) is 5.02 Å². The molecule has 3 atom stereocenters. The highest BCUT2D eigenvalue weighted by Crippen LogP contribution is 2.30. The summed E-state index contributed by atoms with van der Waals surface area (Å²) in [4.78, 5) is 28.1. The van der Waals surface area contributed by atoms with Crippen LogP contribution in [0, 0.1) is 11.8 Å². The minimum absolute atomic E-state index is 0.0462. The van der Waals surface area contributed by atoms with E-state index in [1.807, 2.05) is 19.2 Å². The fraction of sp³-hybridized carbons (Fsp3) is 0.448. The van der Waals surface area contributed by atoms with Crippen LogP contribution in [0.1, 0.15) is 44.9 Å². The number of anilines is 1. The second kappa shape index (κ2) is 14.2. The molecule has 0 aromatic carbocycles. The first-order chi connectivity index (χ1) is 18.3. The molecule has 2 heterocycles. The molecule has 2 aliphatic rings. The molecule has 9 heteroatoms. The Morgan fingerprint density at radius 2 is 2.11 bits per heavy atom. The van der Waals surface area contributed by atoms with Gasteiger partial charge in [-0.25, -0.2) is 9.37 Å². The number of halogens is 2. The Balaban J connectivity index is 2.25. The first-order valence-electron chi connectivity index (χ1n) is 13.1. The Morgan fingerprint density at radius 1 is 1.34 bits per heavy atom. The minimum Gasteiger partial charge on any atom is -0.352 e. The number of nitrogens with one attached hydrogen (secondary N) is 2. The van der Waals surface area contributed by atoms with Crippen LogP contribution in [0.5, 0.6) is 0 Å².